The molecule has 0 spiro atoms. The van der Waals surface area contributed by atoms with Gasteiger partial charge in [0, 0.05) is 5.56 Å². The molecular weight excluding hydrogens is 334 g/mol. The largest absolute Gasteiger partial charge is 0.450 e. The summed E-state index contributed by atoms with van der Waals surface area (Å²) in [5.41, 5.74) is 1.87. The molecule has 1 amide bonds. The van der Waals surface area contributed by atoms with Crippen LogP contribution in [0.3, 0.4) is 0 Å². The van der Waals surface area contributed by atoms with Crippen LogP contribution in [0.4, 0.5) is 4.79 Å². The van der Waals surface area contributed by atoms with E-state index in [0.717, 1.165) is 34.7 Å². The molecule has 1 atom stereocenters. The smallest absolute Gasteiger partial charge is 0.408 e. The summed E-state index contributed by atoms with van der Waals surface area (Å²) in [4.78, 5) is 12.2. The molecule has 3 aromatic carbocycles. The van der Waals surface area contributed by atoms with E-state index in [-0.39, 0.29) is 0 Å². The molecule has 0 aliphatic rings. The molecular formula is C24H23NO2. The Bertz CT molecular complexity index is 949. The number of unbranched alkanes of at least 4 members (excludes halogenated alkanes) is 1. The van der Waals surface area contributed by atoms with Crippen molar-refractivity contribution in [2.24, 2.45) is 0 Å². The van der Waals surface area contributed by atoms with Crippen molar-refractivity contribution in [3.8, 4) is 11.8 Å². The summed E-state index contributed by atoms with van der Waals surface area (Å²) in [6.45, 7) is 2.47. The summed E-state index contributed by atoms with van der Waals surface area (Å²) in [6.07, 6.45) is 1.39. The van der Waals surface area contributed by atoms with E-state index < -0.39 is 12.1 Å². The Labute approximate surface area is 160 Å². The van der Waals surface area contributed by atoms with Gasteiger partial charge in [-0.3, -0.25) is 0 Å². The summed E-state index contributed by atoms with van der Waals surface area (Å²) in [7, 11) is 0. The predicted molar refractivity (Wildman–Crippen MR) is 109 cm³/mol. The van der Waals surface area contributed by atoms with Gasteiger partial charge in [-0.25, -0.2) is 4.79 Å². The van der Waals surface area contributed by atoms with Gasteiger partial charge in [-0.05, 0) is 34.9 Å². The summed E-state index contributed by atoms with van der Waals surface area (Å²) >= 11 is 0. The molecule has 1 unspecified atom stereocenters. The zero-order chi connectivity index (χ0) is 18.9. The van der Waals surface area contributed by atoms with Crippen LogP contribution in [0.2, 0.25) is 0 Å². The van der Waals surface area contributed by atoms with Gasteiger partial charge in [-0.15, -0.1) is 0 Å². The van der Waals surface area contributed by atoms with Crippen LogP contribution in [0.1, 0.15) is 36.9 Å². The van der Waals surface area contributed by atoms with E-state index in [0.29, 0.717) is 6.61 Å². The number of fused-ring (bicyclic) bond motifs is 1. The van der Waals surface area contributed by atoms with E-state index in [4.69, 9.17) is 4.74 Å². The fraction of sp³-hybridized carbons (Fsp3) is 0.208. The molecule has 3 heteroatoms. The van der Waals surface area contributed by atoms with Crippen molar-refractivity contribution in [1.82, 2.24) is 5.32 Å². The van der Waals surface area contributed by atoms with Crippen LogP contribution in [0, 0.1) is 11.8 Å². The van der Waals surface area contributed by atoms with Crippen LogP contribution in [-0.4, -0.2) is 12.7 Å². The van der Waals surface area contributed by atoms with Crippen LogP contribution in [0.15, 0.2) is 72.8 Å². The first-order valence-corrected chi connectivity index (χ1v) is 9.25. The molecule has 3 aromatic rings. The fourth-order valence-electron chi connectivity index (χ4n) is 2.84. The first-order valence-electron chi connectivity index (χ1n) is 9.25. The van der Waals surface area contributed by atoms with E-state index >= 15 is 0 Å². The number of hydrogen-bond donors (Lipinski definition) is 1. The second-order valence-corrected chi connectivity index (χ2v) is 6.27. The zero-order valence-corrected chi connectivity index (χ0v) is 15.4. The quantitative estimate of drug-likeness (QED) is 0.486. The number of carbonyl (C=O) groups excluding carboxylic acids is 1. The van der Waals surface area contributed by atoms with Gasteiger partial charge in [0.25, 0.3) is 0 Å². The Hall–Kier alpha value is -3.25. The summed E-state index contributed by atoms with van der Waals surface area (Å²) in [6, 6.07) is 23.4. The van der Waals surface area contributed by atoms with E-state index in [9.17, 15) is 4.79 Å². The minimum atomic E-state index is -0.453. The van der Waals surface area contributed by atoms with Crippen LogP contribution in [0.25, 0.3) is 10.8 Å². The van der Waals surface area contributed by atoms with Crippen molar-refractivity contribution in [3.05, 3.63) is 83.9 Å². The highest BCUT2D eigenvalue weighted by atomic mass is 16.5. The molecule has 0 bridgehead atoms. The van der Waals surface area contributed by atoms with Gasteiger partial charge in [0.2, 0.25) is 0 Å². The van der Waals surface area contributed by atoms with E-state index in [1.807, 2.05) is 60.7 Å². The number of carbonyl (C=O) groups is 1. The lowest BCUT2D eigenvalue weighted by molar-refractivity contribution is 0.143. The standard InChI is InChI=1S/C24H23NO2/c1-2-3-18-27-24(26)25-23(17-16-19-10-5-4-6-11-19)22-15-9-13-20-12-7-8-14-21(20)22/h4-15,23H,2-3,18H2,1H3,(H,25,26). The van der Waals surface area contributed by atoms with Crippen LogP contribution in [-0.2, 0) is 4.74 Å². The zero-order valence-electron chi connectivity index (χ0n) is 15.4. The molecule has 3 rings (SSSR count). The molecule has 3 nitrogen and oxygen atoms in total. The SMILES string of the molecule is CCCCOC(=O)NC(C#Cc1ccccc1)c1cccc2ccccc12. The number of rotatable bonds is 5. The summed E-state index contributed by atoms with van der Waals surface area (Å²) in [5.74, 6) is 6.36. The molecule has 0 aliphatic carbocycles. The van der Waals surface area contributed by atoms with Crippen molar-refractivity contribution in [2.75, 3.05) is 6.61 Å². The second kappa shape index (κ2) is 9.45. The van der Waals surface area contributed by atoms with Crippen LogP contribution < -0.4 is 5.32 Å². The summed E-state index contributed by atoms with van der Waals surface area (Å²) < 4.78 is 5.28. The van der Waals surface area contributed by atoms with E-state index in [2.05, 4.69) is 36.2 Å². The highest BCUT2D eigenvalue weighted by Crippen LogP contribution is 2.24. The maximum absolute atomic E-state index is 12.2. The van der Waals surface area contributed by atoms with Gasteiger partial charge >= 0.3 is 6.09 Å². The number of nitrogens with one attached hydrogen (secondary N) is 1. The van der Waals surface area contributed by atoms with Crippen molar-refractivity contribution in [1.29, 1.82) is 0 Å². The van der Waals surface area contributed by atoms with E-state index in [1.54, 1.807) is 0 Å². The number of hydrogen-bond acceptors (Lipinski definition) is 2. The minimum Gasteiger partial charge on any atom is -0.450 e. The fourth-order valence-corrected chi connectivity index (χ4v) is 2.84. The Morgan fingerprint density at radius 3 is 2.56 bits per heavy atom. The van der Waals surface area contributed by atoms with Crippen molar-refractivity contribution < 1.29 is 9.53 Å². The Balaban J connectivity index is 1.92. The topological polar surface area (TPSA) is 38.3 Å². The lowest BCUT2D eigenvalue weighted by Gasteiger charge is -2.16. The number of alkyl carbamates (subject to hydrolysis) is 1. The third kappa shape index (κ3) is 5.12. The molecule has 0 radical (unpaired) electrons. The van der Waals surface area contributed by atoms with Gasteiger partial charge < -0.3 is 10.1 Å². The third-order valence-electron chi connectivity index (χ3n) is 4.26. The average Bonchev–Trinajstić information content (AvgIpc) is 2.72. The monoisotopic (exact) mass is 357 g/mol. The second-order valence-electron chi connectivity index (χ2n) is 6.27. The number of benzene rings is 3. The van der Waals surface area contributed by atoms with Gasteiger partial charge in [0.05, 0.1) is 6.61 Å². The first kappa shape index (κ1) is 18.5. The maximum atomic E-state index is 12.2. The molecule has 0 aliphatic heterocycles. The Morgan fingerprint density at radius 1 is 1.00 bits per heavy atom. The normalized spacial score (nSPS) is 11.3. The summed E-state index contributed by atoms with van der Waals surface area (Å²) in [5, 5.41) is 5.10. The van der Waals surface area contributed by atoms with Crippen LogP contribution in [0.5, 0.6) is 0 Å². The van der Waals surface area contributed by atoms with Crippen molar-refractivity contribution in [2.45, 2.75) is 25.8 Å². The Morgan fingerprint density at radius 2 is 1.74 bits per heavy atom. The van der Waals surface area contributed by atoms with Gasteiger partial charge in [0.1, 0.15) is 6.04 Å². The van der Waals surface area contributed by atoms with Crippen LogP contribution >= 0.6 is 0 Å². The molecule has 0 aromatic heterocycles. The van der Waals surface area contributed by atoms with Gasteiger partial charge in [-0.1, -0.05) is 85.8 Å². The molecule has 136 valence electrons. The van der Waals surface area contributed by atoms with Crippen molar-refractivity contribution in [3.63, 3.8) is 0 Å². The number of amides is 1. The van der Waals surface area contributed by atoms with Crippen molar-refractivity contribution >= 4 is 16.9 Å². The molecule has 27 heavy (non-hydrogen) atoms. The molecule has 0 heterocycles. The predicted octanol–water partition coefficient (Wildman–Crippen LogP) is 5.46. The third-order valence-corrected chi connectivity index (χ3v) is 4.26. The van der Waals surface area contributed by atoms with Gasteiger partial charge in [-0.2, -0.15) is 0 Å². The molecule has 0 saturated carbocycles. The molecule has 0 saturated heterocycles. The molecule has 0 fully saturated rings. The van der Waals surface area contributed by atoms with E-state index in [1.165, 1.54) is 0 Å². The molecule has 1 N–H and O–H groups in total. The lowest BCUT2D eigenvalue weighted by atomic mass is 9.99. The number of ether oxygens (including phenoxy) is 1. The Kier molecular flexibility index (Phi) is 6.49. The minimum absolute atomic E-state index is 0.413. The lowest BCUT2D eigenvalue weighted by Crippen LogP contribution is -2.28. The average molecular weight is 357 g/mol. The van der Waals surface area contributed by atoms with Gasteiger partial charge in [0.15, 0.2) is 0 Å². The highest BCUT2D eigenvalue weighted by molar-refractivity contribution is 5.87. The maximum Gasteiger partial charge on any atom is 0.408 e. The first-order chi connectivity index (χ1) is 13.3. The highest BCUT2D eigenvalue weighted by Gasteiger charge is 2.15.